The van der Waals surface area contributed by atoms with Crippen molar-refractivity contribution in [3.63, 3.8) is 0 Å². The van der Waals surface area contributed by atoms with Crippen molar-refractivity contribution in [1.29, 1.82) is 0 Å². The van der Waals surface area contributed by atoms with Gasteiger partial charge >= 0.3 is 0 Å². The van der Waals surface area contributed by atoms with Gasteiger partial charge in [-0.15, -0.1) is 0 Å². The molecule has 0 N–H and O–H groups in total. The third kappa shape index (κ3) is 9.13. The van der Waals surface area contributed by atoms with Crippen LogP contribution < -0.4 is 40.9 Å². The SMILES string of the molecule is c1ccc(N(c2ccccc2)c2ccc(-c3ccc4c(c3)B3c5cc(-c6ccc(N(c7ccccc7)c7ccccc7)cc6)ccc5N(c5ccccc5)c5cc(N(c6ccccc6)c6ccccc6)cc(c53)N4c3ccccc3)cc2)cc1. The molecule has 13 aromatic rings. The molecule has 0 bridgehead atoms. The molecule has 6 heteroatoms. The van der Waals surface area contributed by atoms with Crippen LogP contribution in [-0.2, 0) is 0 Å². The van der Waals surface area contributed by atoms with Gasteiger partial charge in [0.15, 0.2) is 0 Å². The number of anilines is 15. The van der Waals surface area contributed by atoms with E-state index < -0.39 is 0 Å². The number of fused-ring (bicyclic) bond motifs is 4. The number of rotatable bonds is 13. The smallest absolute Gasteiger partial charge is 0.252 e. The average Bonchev–Trinajstić information content (AvgIpc) is 1.07. The van der Waals surface area contributed by atoms with Crippen LogP contribution in [0.4, 0.5) is 85.3 Å². The minimum Gasteiger partial charge on any atom is -0.311 e. The quantitative estimate of drug-likeness (QED) is 0.107. The van der Waals surface area contributed by atoms with Gasteiger partial charge in [-0.2, -0.15) is 0 Å². The fourth-order valence-electron chi connectivity index (χ4n) is 12.6. The molecule has 0 radical (unpaired) electrons. The molecule has 5 nitrogen and oxygen atoms in total. The maximum atomic E-state index is 2.51. The lowest BCUT2D eigenvalue weighted by atomic mass is 9.33. The van der Waals surface area contributed by atoms with Crippen LogP contribution in [0.1, 0.15) is 0 Å². The Kier molecular flexibility index (Phi) is 12.9. The highest BCUT2D eigenvalue weighted by molar-refractivity contribution is 7.00. The van der Waals surface area contributed by atoms with Gasteiger partial charge in [0.1, 0.15) is 0 Å². The molecule has 0 unspecified atom stereocenters. The highest BCUT2D eigenvalue weighted by Gasteiger charge is 2.44. The first-order valence-electron chi connectivity index (χ1n) is 28.8. The van der Waals surface area contributed by atoms with Crippen molar-refractivity contribution in [2.75, 3.05) is 24.5 Å². The lowest BCUT2D eigenvalue weighted by Crippen LogP contribution is -2.61. The summed E-state index contributed by atoms with van der Waals surface area (Å²) in [6.45, 7) is -0.160. The van der Waals surface area contributed by atoms with E-state index in [2.05, 4.69) is 364 Å². The Morgan fingerprint density at radius 2 is 0.452 bits per heavy atom. The second-order valence-corrected chi connectivity index (χ2v) is 21.3. The van der Waals surface area contributed by atoms with Crippen molar-refractivity contribution >= 4 is 108 Å². The van der Waals surface area contributed by atoms with Gasteiger partial charge in [0.05, 0.1) is 5.69 Å². The van der Waals surface area contributed by atoms with Crippen molar-refractivity contribution < 1.29 is 0 Å². The molecule has 0 aromatic heterocycles. The van der Waals surface area contributed by atoms with Gasteiger partial charge in [0, 0.05) is 79.6 Å². The van der Waals surface area contributed by atoms with Gasteiger partial charge in [-0.3, -0.25) is 0 Å². The maximum Gasteiger partial charge on any atom is 0.252 e. The molecule has 15 rings (SSSR count). The predicted molar refractivity (Wildman–Crippen MR) is 355 cm³/mol. The van der Waals surface area contributed by atoms with Gasteiger partial charge in [-0.1, -0.05) is 194 Å². The predicted octanol–water partition coefficient (Wildman–Crippen LogP) is 19.5. The van der Waals surface area contributed by atoms with Crippen molar-refractivity contribution in [3.8, 4) is 22.3 Å². The Balaban J connectivity index is 0.945. The van der Waals surface area contributed by atoms with Crippen molar-refractivity contribution in [2.24, 2.45) is 0 Å². The molecule has 0 aliphatic carbocycles. The zero-order valence-electron chi connectivity index (χ0n) is 46.1. The normalized spacial score (nSPS) is 12.0. The molecule has 396 valence electrons. The van der Waals surface area contributed by atoms with Crippen LogP contribution in [0, 0.1) is 0 Å². The van der Waals surface area contributed by atoms with Crippen molar-refractivity contribution in [2.45, 2.75) is 0 Å². The highest BCUT2D eigenvalue weighted by atomic mass is 15.2. The molecule has 13 aromatic carbocycles. The minimum absolute atomic E-state index is 0.160. The number of para-hydroxylation sites is 8. The first kappa shape index (κ1) is 49.9. The van der Waals surface area contributed by atoms with Crippen LogP contribution in [0.25, 0.3) is 22.3 Å². The van der Waals surface area contributed by atoms with Gasteiger partial charge in [-0.25, -0.2) is 0 Å². The first-order valence-corrected chi connectivity index (χ1v) is 28.8. The van der Waals surface area contributed by atoms with E-state index in [1.165, 1.54) is 16.4 Å². The Bertz CT molecular complexity index is 4040. The molecule has 2 heterocycles. The van der Waals surface area contributed by atoms with E-state index in [4.69, 9.17) is 0 Å². The molecule has 0 atom stereocenters. The molecule has 2 aliphatic heterocycles. The van der Waals surface area contributed by atoms with E-state index in [0.717, 1.165) is 108 Å². The summed E-state index contributed by atoms with van der Waals surface area (Å²) >= 11 is 0. The molecule has 0 fully saturated rings. The van der Waals surface area contributed by atoms with Crippen molar-refractivity contribution in [1.82, 2.24) is 0 Å². The van der Waals surface area contributed by atoms with E-state index in [9.17, 15) is 0 Å². The van der Waals surface area contributed by atoms with E-state index in [-0.39, 0.29) is 6.71 Å². The molecule has 84 heavy (non-hydrogen) atoms. The third-order valence-corrected chi connectivity index (χ3v) is 16.3. The Morgan fingerprint density at radius 1 is 0.202 bits per heavy atom. The minimum atomic E-state index is -0.160. The van der Waals surface area contributed by atoms with Gasteiger partial charge in [0.2, 0.25) is 0 Å². The summed E-state index contributed by atoms with van der Waals surface area (Å²) in [7, 11) is 0. The summed E-state index contributed by atoms with van der Waals surface area (Å²) in [5.74, 6) is 0. The maximum absolute atomic E-state index is 2.51. The van der Waals surface area contributed by atoms with E-state index >= 15 is 0 Å². The standard InChI is InChI=1S/C78H56BN5/c1-9-25-61(26-10-1)80(62-27-11-2-12-28-62)69-47-41-57(42-48-69)59-45-51-74-72(53-59)79-73-54-60(58-43-49-70(50-44-58)81(63-29-13-3-14-30-63)64-31-15-4-16-32-64)46-52-75(73)84(68-39-23-8-24-40-68)77-56-71(55-76(78(77)79)83(74)67-37-21-7-22-38-67)82(65-33-17-5-18-34-65)66-35-19-6-20-36-66/h1-56H. The topological polar surface area (TPSA) is 16.2 Å². The number of benzene rings is 13. The second-order valence-electron chi connectivity index (χ2n) is 21.3. The fraction of sp³-hybridized carbons (Fsp3) is 0. The summed E-state index contributed by atoms with van der Waals surface area (Å²) in [5.41, 5.74) is 24.9. The fourth-order valence-corrected chi connectivity index (χ4v) is 12.6. The number of nitrogens with zero attached hydrogens (tertiary/aromatic N) is 5. The summed E-state index contributed by atoms with van der Waals surface area (Å²) in [5, 5.41) is 0. The van der Waals surface area contributed by atoms with Crippen LogP contribution in [0.3, 0.4) is 0 Å². The lowest BCUT2D eigenvalue weighted by molar-refractivity contribution is 1.23. The Morgan fingerprint density at radius 3 is 0.750 bits per heavy atom. The average molecular weight is 1070 g/mol. The zero-order valence-corrected chi connectivity index (χ0v) is 46.1. The molecule has 0 saturated heterocycles. The number of hydrogen-bond acceptors (Lipinski definition) is 5. The van der Waals surface area contributed by atoms with Gasteiger partial charge < -0.3 is 24.5 Å². The van der Waals surface area contributed by atoms with Gasteiger partial charge in [0.25, 0.3) is 6.71 Å². The summed E-state index contributed by atoms with van der Waals surface area (Å²) in [6.07, 6.45) is 0. The van der Waals surface area contributed by atoms with Crippen LogP contribution in [-0.4, -0.2) is 6.71 Å². The molecular weight excluding hydrogens is 1020 g/mol. The molecule has 0 amide bonds. The van der Waals surface area contributed by atoms with E-state index in [0.29, 0.717) is 0 Å². The second kappa shape index (κ2) is 21.8. The molecule has 0 spiro atoms. The van der Waals surface area contributed by atoms with Crippen LogP contribution in [0.2, 0.25) is 0 Å². The first-order chi connectivity index (χ1) is 41.7. The van der Waals surface area contributed by atoms with Crippen LogP contribution in [0.15, 0.2) is 340 Å². The summed E-state index contributed by atoms with van der Waals surface area (Å²) in [4.78, 5) is 12.1. The van der Waals surface area contributed by atoms with Gasteiger partial charge in [-0.05, 0) is 184 Å². The van der Waals surface area contributed by atoms with E-state index in [1.54, 1.807) is 0 Å². The number of hydrogen-bond donors (Lipinski definition) is 0. The lowest BCUT2D eigenvalue weighted by Gasteiger charge is -2.45. The summed E-state index contributed by atoms with van der Waals surface area (Å²) in [6, 6.07) is 123. The zero-order chi connectivity index (χ0) is 55.8. The van der Waals surface area contributed by atoms with Crippen LogP contribution in [0.5, 0.6) is 0 Å². The highest BCUT2D eigenvalue weighted by Crippen LogP contribution is 2.49. The van der Waals surface area contributed by atoms with Crippen molar-refractivity contribution in [3.05, 3.63) is 340 Å². The third-order valence-electron chi connectivity index (χ3n) is 16.3. The monoisotopic (exact) mass is 1070 g/mol. The summed E-state index contributed by atoms with van der Waals surface area (Å²) < 4.78 is 0. The van der Waals surface area contributed by atoms with Crippen LogP contribution >= 0.6 is 0 Å². The molecule has 0 saturated carbocycles. The molecular formula is C78H56BN5. The Labute approximate surface area is 492 Å². The largest absolute Gasteiger partial charge is 0.311 e. The Hall–Kier alpha value is -11.1. The van der Waals surface area contributed by atoms with E-state index in [1.807, 2.05) is 0 Å². The molecule has 2 aliphatic rings.